The van der Waals surface area contributed by atoms with Crippen LogP contribution in [0.3, 0.4) is 0 Å². The molecule has 0 aliphatic carbocycles. The molecule has 5 heteroatoms. The molecular weight excluding hydrogens is 288 g/mol. The van der Waals surface area contributed by atoms with E-state index in [1.807, 2.05) is 36.4 Å². The molecule has 0 saturated heterocycles. The van der Waals surface area contributed by atoms with Crippen LogP contribution in [0.2, 0.25) is 5.02 Å². The quantitative estimate of drug-likeness (QED) is 0.736. The van der Waals surface area contributed by atoms with Crippen molar-refractivity contribution in [2.24, 2.45) is 5.73 Å². The van der Waals surface area contributed by atoms with Gasteiger partial charge >= 0.3 is 0 Å². The second-order valence-electron chi connectivity index (χ2n) is 4.39. The minimum Gasteiger partial charge on any atom is -0.490 e. The predicted molar refractivity (Wildman–Crippen MR) is 86.4 cm³/mol. The average molecular weight is 307 g/mol. The molecule has 0 radical (unpaired) electrons. The van der Waals surface area contributed by atoms with E-state index in [0.29, 0.717) is 24.8 Å². The van der Waals surface area contributed by atoms with E-state index >= 15 is 0 Å². The summed E-state index contributed by atoms with van der Waals surface area (Å²) < 4.78 is 11.2. The third-order valence-corrected chi connectivity index (χ3v) is 2.99. The molecule has 0 unspecified atom stereocenters. The Morgan fingerprint density at radius 1 is 0.952 bits per heavy atom. The topological polar surface area (TPSA) is 56.5 Å². The van der Waals surface area contributed by atoms with Crippen molar-refractivity contribution in [2.45, 2.75) is 0 Å². The van der Waals surface area contributed by atoms with Gasteiger partial charge < -0.3 is 20.5 Å². The van der Waals surface area contributed by atoms with Gasteiger partial charge in [-0.25, -0.2) is 0 Å². The number of nitrogens with two attached hydrogens (primary N) is 1. The van der Waals surface area contributed by atoms with Crippen molar-refractivity contribution in [3.05, 3.63) is 53.6 Å². The van der Waals surface area contributed by atoms with Gasteiger partial charge in [-0.3, -0.25) is 0 Å². The van der Waals surface area contributed by atoms with Crippen molar-refractivity contribution in [1.82, 2.24) is 0 Å². The van der Waals surface area contributed by atoms with Crippen LogP contribution in [0.5, 0.6) is 11.5 Å². The minimum atomic E-state index is 0.474. The van der Waals surface area contributed by atoms with Crippen molar-refractivity contribution in [3.8, 4) is 11.5 Å². The van der Waals surface area contributed by atoms with Crippen LogP contribution in [0.25, 0.3) is 0 Å². The number of benzene rings is 2. The first-order valence-electron chi connectivity index (χ1n) is 6.83. The van der Waals surface area contributed by atoms with Crippen LogP contribution >= 0.6 is 11.6 Å². The van der Waals surface area contributed by atoms with E-state index in [1.165, 1.54) is 0 Å². The highest BCUT2D eigenvalue weighted by molar-refractivity contribution is 6.30. The van der Waals surface area contributed by atoms with E-state index in [0.717, 1.165) is 23.7 Å². The Balaban J connectivity index is 1.74. The maximum absolute atomic E-state index is 5.81. The first-order chi connectivity index (χ1) is 10.3. The molecule has 2 aromatic rings. The molecule has 112 valence electrons. The van der Waals surface area contributed by atoms with Gasteiger partial charge in [0.15, 0.2) is 0 Å². The normalized spacial score (nSPS) is 10.2. The lowest BCUT2D eigenvalue weighted by molar-refractivity contribution is 0.217. The van der Waals surface area contributed by atoms with Crippen molar-refractivity contribution >= 4 is 17.3 Å². The molecule has 0 saturated carbocycles. The van der Waals surface area contributed by atoms with E-state index in [9.17, 15) is 0 Å². The Hall–Kier alpha value is -1.91. The predicted octanol–water partition coefficient (Wildman–Crippen LogP) is 3.17. The van der Waals surface area contributed by atoms with Gasteiger partial charge in [0.05, 0.1) is 0 Å². The van der Waals surface area contributed by atoms with Gasteiger partial charge in [0.1, 0.15) is 24.7 Å². The fourth-order valence-electron chi connectivity index (χ4n) is 1.76. The SMILES string of the molecule is NCCNc1cccc(OCCOc2ccc(Cl)cc2)c1. The molecule has 0 heterocycles. The first kappa shape index (κ1) is 15.5. The zero-order valence-corrected chi connectivity index (χ0v) is 12.5. The van der Waals surface area contributed by atoms with Crippen molar-refractivity contribution < 1.29 is 9.47 Å². The fraction of sp³-hybridized carbons (Fsp3) is 0.250. The molecule has 3 N–H and O–H groups in total. The smallest absolute Gasteiger partial charge is 0.122 e. The molecule has 2 rings (SSSR count). The van der Waals surface area contributed by atoms with Crippen molar-refractivity contribution in [2.75, 3.05) is 31.6 Å². The fourth-order valence-corrected chi connectivity index (χ4v) is 1.89. The zero-order chi connectivity index (χ0) is 14.9. The van der Waals surface area contributed by atoms with Gasteiger partial charge in [-0.1, -0.05) is 17.7 Å². The molecule has 4 nitrogen and oxygen atoms in total. The molecule has 0 fully saturated rings. The van der Waals surface area contributed by atoms with E-state index in [4.69, 9.17) is 26.8 Å². The molecule has 0 amide bonds. The second kappa shape index (κ2) is 8.39. The number of ether oxygens (including phenoxy) is 2. The summed E-state index contributed by atoms with van der Waals surface area (Å²) in [5.74, 6) is 1.58. The van der Waals surface area contributed by atoms with Gasteiger partial charge in [0.2, 0.25) is 0 Å². The van der Waals surface area contributed by atoms with Crippen LogP contribution < -0.4 is 20.5 Å². The van der Waals surface area contributed by atoms with E-state index in [-0.39, 0.29) is 0 Å². The number of rotatable bonds is 8. The van der Waals surface area contributed by atoms with Gasteiger partial charge in [0.25, 0.3) is 0 Å². The molecule has 0 aliphatic heterocycles. The number of nitrogens with one attached hydrogen (secondary N) is 1. The van der Waals surface area contributed by atoms with E-state index in [1.54, 1.807) is 12.1 Å². The Morgan fingerprint density at radius 3 is 2.38 bits per heavy atom. The lowest BCUT2D eigenvalue weighted by Crippen LogP contribution is -2.13. The summed E-state index contributed by atoms with van der Waals surface area (Å²) in [7, 11) is 0. The highest BCUT2D eigenvalue weighted by Gasteiger charge is 1.98. The van der Waals surface area contributed by atoms with Crippen molar-refractivity contribution in [3.63, 3.8) is 0 Å². The maximum atomic E-state index is 5.81. The van der Waals surface area contributed by atoms with Gasteiger partial charge in [-0.2, -0.15) is 0 Å². The van der Waals surface area contributed by atoms with Gasteiger partial charge in [0, 0.05) is 29.9 Å². The van der Waals surface area contributed by atoms with Crippen LogP contribution in [0.4, 0.5) is 5.69 Å². The monoisotopic (exact) mass is 306 g/mol. The summed E-state index contributed by atoms with van der Waals surface area (Å²) in [6.45, 7) is 2.29. The minimum absolute atomic E-state index is 0.474. The third kappa shape index (κ3) is 5.53. The lowest BCUT2D eigenvalue weighted by Gasteiger charge is -2.10. The van der Waals surface area contributed by atoms with Crippen molar-refractivity contribution in [1.29, 1.82) is 0 Å². The molecular formula is C16H19ClN2O2. The van der Waals surface area contributed by atoms with E-state index < -0.39 is 0 Å². The summed E-state index contributed by atoms with van der Waals surface area (Å²) in [5.41, 5.74) is 6.46. The Labute approximate surface area is 129 Å². The number of anilines is 1. The summed E-state index contributed by atoms with van der Waals surface area (Å²) >= 11 is 5.81. The van der Waals surface area contributed by atoms with Gasteiger partial charge in [-0.05, 0) is 36.4 Å². The maximum Gasteiger partial charge on any atom is 0.122 e. The molecule has 0 aliphatic rings. The highest BCUT2D eigenvalue weighted by Crippen LogP contribution is 2.18. The third-order valence-electron chi connectivity index (χ3n) is 2.74. The first-order valence-corrected chi connectivity index (χ1v) is 7.21. The van der Waals surface area contributed by atoms with Crippen LogP contribution in [0.15, 0.2) is 48.5 Å². The number of hydrogen-bond donors (Lipinski definition) is 2. The Morgan fingerprint density at radius 2 is 1.67 bits per heavy atom. The Kier molecular flexibility index (Phi) is 6.19. The molecule has 0 aromatic heterocycles. The molecule has 2 aromatic carbocycles. The van der Waals surface area contributed by atoms with Crippen LogP contribution in [-0.4, -0.2) is 26.3 Å². The largest absolute Gasteiger partial charge is 0.490 e. The zero-order valence-electron chi connectivity index (χ0n) is 11.7. The van der Waals surface area contributed by atoms with Gasteiger partial charge in [-0.15, -0.1) is 0 Å². The van der Waals surface area contributed by atoms with Crippen LogP contribution in [0, 0.1) is 0 Å². The summed E-state index contributed by atoms with van der Waals surface area (Å²) in [5, 5.41) is 3.90. The summed E-state index contributed by atoms with van der Waals surface area (Å²) in [6, 6.07) is 15.0. The standard InChI is InChI=1S/C16H19ClN2O2/c17-13-4-6-15(7-5-13)20-10-11-21-16-3-1-2-14(12-16)19-9-8-18/h1-7,12,19H,8-11,18H2. The van der Waals surface area contributed by atoms with Crippen LogP contribution in [0.1, 0.15) is 0 Å². The molecule has 0 bridgehead atoms. The molecule has 0 spiro atoms. The number of hydrogen-bond acceptors (Lipinski definition) is 4. The summed E-state index contributed by atoms with van der Waals surface area (Å²) in [6.07, 6.45) is 0. The van der Waals surface area contributed by atoms with E-state index in [2.05, 4.69) is 5.32 Å². The highest BCUT2D eigenvalue weighted by atomic mass is 35.5. The lowest BCUT2D eigenvalue weighted by atomic mass is 10.3. The second-order valence-corrected chi connectivity index (χ2v) is 4.83. The molecule has 21 heavy (non-hydrogen) atoms. The van der Waals surface area contributed by atoms with Crippen LogP contribution in [-0.2, 0) is 0 Å². The molecule has 0 atom stereocenters. The summed E-state index contributed by atoms with van der Waals surface area (Å²) in [4.78, 5) is 0. The average Bonchev–Trinajstić information content (AvgIpc) is 2.52. The Bertz CT molecular complexity index is 546. The number of halogens is 1.